The lowest BCUT2D eigenvalue weighted by molar-refractivity contribution is -0.121. The number of hydrogen-bond donors (Lipinski definition) is 0. The van der Waals surface area contributed by atoms with Gasteiger partial charge in [-0.25, -0.2) is 0 Å². The maximum absolute atomic E-state index is 12.1. The van der Waals surface area contributed by atoms with E-state index in [2.05, 4.69) is 0 Å². The van der Waals surface area contributed by atoms with Gasteiger partial charge in [0.2, 0.25) is 0 Å². The Kier molecular flexibility index (Phi) is 5.17. The second-order valence-electron chi connectivity index (χ2n) is 5.88. The van der Waals surface area contributed by atoms with Gasteiger partial charge in [0.25, 0.3) is 10.1 Å². The Hall–Kier alpha value is -1.20. The van der Waals surface area contributed by atoms with Gasteiger partial charge in [-0.3, -0.25) is 8.98 Å². The van der Waals surface area contributed by atoms with E-state index in [9.17, 15) is 13.2 Å². The molecule has 21 heavy (non-hydrogen) atoms. The largest absolute Gasteiger partial charge is 0.300 e. The molecule has 116 valence electrons. The van der Waals surface area contributed by atoms with Gasteiger partial charge < -0.3 is 0 Å². The summed E-state index contributed by atoms with van der Waals surface area (Å²) in [5.74, 6) is 0.609. The maximum atomic E-state index is 12.1. The molecule has 2 rings (SSSR count). The summed E-state index contributed by atoms with van der Waals surface area (Å²) in [4.78, 5) is 11.5. The zero-order chi connectivity index (χ0) is 15.5. The van der Waals surface area contributed by atoms with Gasteiger partial charge in [0.15, 0.2) is 0 Å². The van der Waals surface area contributed by atoms with E-state index in [4.69, 9.17) is 4.18 Å². The van der Waals surface area contributed by atoms with Crippen LogP contribution in [0, 0.1) is 18.8 Å². The first-order valence-corrected chi connectivity index (χ1v) is 8.76. The number of aryl methyl sites for hydroxylation is 1. The predicted octanol–water partition coefficient (Wildman–Crippen LogP) is 3.10. The van der Waals surface area contributed by atoms with E-state index in [1.165, 1.54) is 0 Å². The fourth-order valence-electron chi connectivity index (χ4n) is 2.69. The lowest BCUT2D eigenvalue weighted by Gasteiger charge is -2.26. The Balaban J connectivity index is 1.88. The van der Waals surface area contributed by atoms with Gasteiger partial charge in [0, 0.05) is 5.92 Å². The lowest BCUT2D eigenvalue weighted by atomic mass is 9.81. The Morgan fingerprint density at radius 1 is 1.14 bits per heavy atom. The molecular formula is C16H22O4S. The quantitative estimate of drug-likeness (QED) is 0.784. The minimum atomic E-state index is -3.67. The summed E-state index contributed by atoms with van der Waals surface area (Å²) < 4.78 is 29.3. The van der Waals surface area contributed by atoms with E-state index in [0.29, 0.717) is 0 Å². The van der Waals surface area contributed by atoms with Crippen molar-refractivity contribution in [3.63, 3.8) is 0 Å². The van der Waals surface area contributed by atoms with E-state index in [1.54, 1.807) is 31.2 Å². The highest BCUT2D eigenvalue weighted by molar-refractivity contribution is 7.86. The van der Waals surface area contributed by atoms with E-state index in [-0.39, 0.29) is 29.1 Å². The topological polar surface area (TPSA) is 60.4 Å². The van der Waals surface area contributed by atoms with Gasteiger partial charge in [-0.05, 0) is 57.6 Å². The Bertz CT molecular complexity index is 581. The first-order valence-electron chi connectivity index (χ1n) is 7.35. The van der Waals surface area contributed by atoms with Gasteiger partial charge in [-0.15, -0.1) is 0 Å². The van der Waals surface area contributed by atoms with Crippen LogP contribution in [-0.2, 0) is 19.1 Å². The summed E-state index contributed by atoms with van der Waals surface area (Å²) in [6.07, 6.45) is 3.39. The van der Waals surface area contributed by atoms with Crippen LogP contribution < -0.4 is 0 Å². The molecule has 0 spiro atoms. The highest BCUT2D eigenvalue weighted by Crippen LogP contribution is 2.30. The summed E-state index contributed by atoms with van der Waals surface area (Å²) in [5, 5.41) is 0. The molecule has 4 nitrogen and oxygen atoms in total. The standard InChI is InChI=1S/C16H22O4S/c1-12-3-9-16(10-4-12)21(18,19)20-11-14-5-7-15(8-6-14)13(2)17/h3-4,9-10,14-15H,5-8,11H2,1-2H3. The fraction of sp³-hybridized carbons (Fsp3) is 0.562. The Morgan fingerprint density at radius 2 is 1.71 bits per heavy atom. The van der Waals surface area contributed by atoms with Crippen LogP contribution in [0.1, 0.15) is 38.2 Å². The van der Waals surface area contributed by atoms with Gasteiger partial charge in [0.05, 0.1) is 11.5 Å². The summed E-state index contributed by atoms with van der Waals surface area (Å²) in [6.45, 7) is 3.74. The van der Waals surface area contributed by atoms with Crippen molar-refractivity contribution in [3.05, 3.63) is 29.8 Å². The maximum Gasteiger partial charge on any atom is 0.296 e. The summed E-state index contributed by atoms with van der Waals surface area (Å²) >= 11 is 0. The molecule has 0 amide bonds. The molecule has 0 bridgehead atoms. The average Bonchev–Trinajstić information content (AvgIpc) is 2.46. The molecule has 0 aromatic heterocycles. The molecule has 0 heterocycles. The highest BCUT2D eigenvalue weighted by Gasteiger charge is 2.26. The molecular weight excluding hydrogens is 288 g/mol. The number of carbonyl (C=O) groups is 1. The Morgan fingerprint density at radius 3 is 2.24 bits per heavy atom. The van der Waals surface area contributed by atoms with Crippen molar-refractivity contribution in [2.75, 3.05) is 6.61 Å². The average molecular weight is 310 g/mol. The molecule has 1 aromatic rings. The van der Waals surface area contributed by atoms with Gasteiger partial charge in [-0.2, -0.15) is 8.42 Å². The summed E-state index contributed by atoms with van der Waals surface area (Å²) in [5.41, 5.74) is 1.01. The molecule has 1 aliphatic rings. The molecule has 0 N–H and O–H groups in total. The first kappa shape index (κ1) is 16.2. The van der Waals surface area contributed by atoms with Crippen molar-refractivity contribution < 1.29 is 17.4 Å². The van der Waals surface area contributed by atoms with Crippen molar-refractivity contribution in [2.24, 2.45) is 11.8 Å². The SMILES string of the molecule is CC(=O)C1CCC(COS(=O)(=O)c2ccc(C)cc2)CC1. The van der Waals surface area contributed by atoms with Crippen LogP contribution in [0.25, 0.3) is 0 Å². The van der Waals surface area contributed by atoms with E-state index in [1.807, 2.05) is 6.92 Å². The van der Waals surface area contributed by atoms with Crippen LogP contribution >= 0.6 is 0 Å². The number of Topliss-reactive ketones (excluding diaryl/α,β-unsaturated/α-hetero) is 1. The van der Waals surface area contributed by atoms with Gasteiger partial charge in [0.1, 0.15) is 5.78 Å². The van der Waals surface area contributed by atoms with Crippen LogP contribution in [0.3, 0.4) is 0 Å². The number of ketones is 1. The van der Waals surface area contributed by atoms with Gasteiger partial charge >= 0.3 is 0 Å². The van der Waals surface area contributed by atoms with Crippen LogP contribution in [0.2, 0.25) is 0 Å². The smallest absolute Gasteiger partial charge is 0.296 e. The third-order valence-corrected chi connectivity index (χ3v) is 5.49. The summed E-state index contributed by atoms with van der Waals surface area (Å²) in [7, 11) is -3.67. The molecule has 1 fully saturated rings. The van der Waals surface area contributed by atoms with Crippen LogP contribution in [0.4, 0.5) is 0 Å². The lowest BCUT2D eigenvalue weighted by Crippen LogP contribution is -2.23. The van der Waals surface area contributed by atoms with Crippen molar-refractivity contribution in [1.82, 2.24) is 0 Å². The molecule has 0 aliphatic heterocycles. The summed E-state index contributed by atoms with van der Waals surface area (Å²) in [6, 6.07) is 6.65. The van der Waals surface area contributed by atoms with Crippen molar-refractivity contribution in [1.29, 1.82) is 0 Å². The second-order valence-corrected chi connectivity index (χ2v) is 7.50. The predicted molar refractivity (Wildman–Crippen MR) is 80.4 cm³/mol. The van der Waals surface area contributed by atoms with Crippen molar-refractivity contribution >= 4 is 15.9 Å². The molecule has 1 saturated carbocycles. The molecule has 1 aliphatic carbocycles. The molecule has 0 unspecified atom stereocenters. The molecule has 0 radical (unpaired) electrons. The van der Waals surface area contributed by atoms with Gasteiger partial charge in [-0.1, -0.05) is 17.7 Å². The van der Waals surface area contributed by atoms with Crippen molar-refractivity contribution in [3.8, 4) is 0 Å². The first-order chi connectivity index (χ1) is 9.88. The zero-order valence-electron chi connectivity index (χ0n) is 12.5. The Labute approximate surface area is 126 Å². The third-order valence-electron chi connectivity index (χ3n) is 4.19. The highest BCUT2D eigenvalue weighted by atomic mass is 32.2. The number of benzene rings is 1. The molecule has 5 heteroatoms. The number of rotatable bonds is 5. The van der Waals surface area contributed by atoms with E-state index >= 15 is 0 Å². The normalized spacial score (nSPS) is 23.0. The molecule has 0 saturated heterocycles. The molecule has 0 atom stereocenters. The van der Waals surface area contributed by atoms with Crippen LogP contribution in [-0.4, -0.2) is 20.8 Å². The second kappa shape index (κ2) is 6.71. The minimum absolute atomic E-state index is 0.148. The van der Waals surface area contributed by atoms with Crippen molar-refractivity contribution in [2.45, 2.75) is 44.4 Å². The number of hydrogen-bond acceptors (Lipinski definition) is 4. The van der Waals surface area contributed by atoms with Crippen LogP contribution in [0.15, 0.2) is 29.2 Å². The fourth-order valence-corrected chi connectivity index (χ4v) is 3.67. The third kappa shape index (κ3) is 4.38. The zero-order valence-corrected chi connectivity index (χ0v) is 13.4. The van der Waals surface area contributed by atoms with Crippen LogP contribution in [0.5, 0.6) is 0 Å². The monoisotopic (exact) mass is 310 g/mol. The van der Waals surface area contributed by atoms with E-state index in [0.717, 1.165) is 31.2 Å². The van der Waals surface area contributed by atoms with E-state index < -0.39 is 10.1 Å². The molecule has 1 aromatic carbocycles. The minimum Gasteiger partial charge on any atom is -0.300 e. The number of carbonyl (C=O) groups excluding carboxylic acids is 1.